The lowest BCUT2D eigenvalue weighted by atomic mass is 9.96. The van der Waals surface area contributed by atoms with Crippen molar-refractivity contribution in [3.8, 4) is 0 Å². The molecular weight excluding hydrogens is 384 g/mol. The van der Waals surface area contributed by atoms with Gasteiger partial charge in [0, 0.05) is 0 Å². The van der Waals surface area contributed by atoms with Gasteiger partial charge < -0.3 is 5.32 Å². The van der Waals surface area contributed by atoms with Crippen molar-refractivity contribution in [2.45, 2.75) is 54.5 Å². The number of nitrogens with one attached hydrogen (secondary N) is 1. The molecule has 1 amide bonds. The Hall–Kier alpha value is -2.34. The van der Waals surface area contributed by atoms with Crippen LogP contribution in [0.15, 0.2) is 24.3 Å². The van der Waals surface area contributed by atoms with Crippen LogP contribution in [0, 0.1) is 41.5 Å². The van der Waals surface area contributed by atoms with Crippen molar-refractivity contribution in [2.75, 3.05) is 17.1 Å². The van der Waals surface area contributed by atoms with Crippen LogP contribution < -0.4 is 9.62 Å². The SMILES string of the molecule is Cc1cc(C)c(N(CC(=O)NC(C)c2cc(C)c(C)cc2C)S(C)(=O)=O)c(C)c1. The van der Waals surface area contributed by atoms with E-state index in [0.29, 0.717) is 5.69 Å². The predicted molar refractivity (Wildman–Crippen MR) is 120 cm³/mol. The fourth-order valence-electron chi connectivity index (χ4n) is 3.87. The Morgan fingerprint density at radius 1 is 0.897 bits per heavy atom. The maximum Gasteiger partial charge on any atom is 0.241 e. The van der Waals surface area contributed by atoms with Gasteiger partial charge in [-0.15, -0.1) is 0 Å². The normalized spacial score (nSPS) is 12.6. The van der Waals surface area contributed by atoms with E-state index in [9.17, 15) is 13.2 Å². The molecule has 29 heavy (non-hydrogen) atoms. The number of hydrogen-bond acceptors (Lipinski definition) is 3. The summed E-state index contributed by atoms with van der Waals surface area (Å²) in [5, 5.41) is 2.96. The van der Waals surface area contributed by atoms with Crippen molar-refractivity contribution in [1.29, 1.82) is 0 Å². The van der Waals surface area contributed by atoms with E-state index in [2.05, 4.69) is 24.4 Å². The van der Waals surface area contributed by atoms with Gasteiger partial charge in [0.15, 0.2) is 0 Å². The second-order valence-corrected chi connectivity index (χ2v) is 10.0. The number of carbonyl (C=O) groups is 1. The van der Waals surface area contributed by atoms with Crippen molar-refractivity contribution in [1.82, 2.24) is 5.32 Å². The first-order valence-electron chi connectivity index (χ1n) is 9.74. The molecule has 0 aromatic heterocycles. The maximum absolute atomic E-state index is 12.8. The van der Waals surface area contributed by atoms with Gasteiger partial charge in [0.05, 0.1) is 18.0 Å². The minimum atomic E-state index is -3.62. The molecule has 6 heteroatoms. The monoisotopic (exact) mass is 416 g/mol. The summed E-state index contributed by atoms with van der Waals surface area (Å²) >= 11 is 0. The summed E-state index contributed by atoms with van der Waals surface area (Å²) in [4.78, 5) is 12.8. The number of aryl methyl sites for hydroxylation is 6. The van der Waals surface area contributed by atoms with E-state index in [4.69, 9.17) is 0 Å². The Labute approximate surface area is 175 Å². The van der Waals surface area contributed by atoms with E-state index in [1.54, 1.807) is 0 Å². The van der Waals surface area contributed by atoms with Crippen LogP contribution in [0.2, 0.25) is 0 Å². The van der Waals surface area contributed by atoms with Gasteiger partial charge >= 0.3 is 0 Å². The molecule has 1 unspecified atom stereocenters. The summed E-state index contributed by atoms with van der Waals surface area (Å²) < 4.78 is 26.2. The van der Waals surface area contributed by atoms with E-state index in [-0.39, 0.29) is 18.5 Å². The molecule has 0 saturated carbocycles. The first-order valence-corrected chi connectivity index (χ1v) is 11.6. The van der Waals surface area contributed by atoms with Crippen LogP contribution in [0.25, 0.3) is 0 Å². The number of carbonyl (C=O) groups excluding carboxylic acids is 1. The molecule has 1 atom stereocenters. The first kappa shape index (κ1) is 22.9. The highest BCUT2D eigenvalue weighted by Gasteiger charge is 2.25. The molecule has 0 radical (unpaired) electrons. The van der Waals surface area contributed by atoms with Crippen LogP contribution in [0.5, 0.6) is 0 Å². The van der Waals surface area contributed by atoms with Crippen molar-refractivity contribution >= 4 is 21.6 Å². The molecular formula is C23H32N2O3S. The van der Waals surface area contributed by atoms with Gasteiger partial charge in [-0.05, 0) is 81.8 Å². The number of benzene rings is 2. The van der Waals surface area contributed by atoms with E-state index >= 15 is 0 Å². The van der Waals surface area contributed by atoms with Crippen molar-refractivity contribution < 1.29 is 13.2 Å². The number of hydrogen-bond donors (Lipinski definition) is 1. The smallest absolute Gasteiger partial charge is 0.241 e. The molecule has 2 aromatic rings. The van der Waals surface area contributed by atoms with E-state index in [1.807, 2.05) is 53.7 Å². The average Bonchev–Trinajstić information content (AvgIpc) is 2.55. The molecule has 158 valence electrons. The second kappa shape index (κ2) is 8.57. The molecule has 2 aromatic carbocycles. The molecule has 1 N–H and O–H groups in total. The summed E-state index contributed by atoms with van der Waals surface area (Å²) in [6, 6.07) is 7.83. The topological polar surface area (TPSA) is 66.5 Å². The van der Waals surface area contributed by atoms with Gasteiger partial charge in [0.1, 0.15) is 6.54 Å². The highest BCUT2D eigenvalue weighted by Crippen LogP contribution is 2.28. The Morgan fingerprint density at radius 2 is 1.41 bits per heavy atom. The lowest BCUT2D eigenvalue weighted by molar-refractivity contribution is -0.120. The summed E-state index contributed by atoms with van der Waals surface area (Å²) in [5.74, 6) is -0.333. The van der Waals surface area contributed by atoms with Gasteiger partial charge in [-0.1, -0.05) is 29.8 Å². The number of anilines is 1. The summed E-state index contributed by atoms with van der Waals surface area (Å²) in [6.07, 6.45) is 1.13. The maximum atomic E-state index is 12.8. The van der Waals surface area contributed by atoms with Crippen molar-refractivity contribution in [3.63, 3.8) is 0 Å². The van der Waals surface area contributed by atoms with Crippen LogP contribution >= 0.6 is 0 Å². The fourth-order valence-corrected chi connectivity index (χ4v) is 4.84. The fraction of sp³-hybridized carbons (Fsp3) is 0.435. The molecule has 0 saturated heterocycles. The third-order valence-electron chi connectivity index (χ3n) is 5.30. The van der Waals surface area contributed by atoms with Crippen LogP contribution in [0.4, 0.5) is 5.69 Å². The lowest BCUT2D eigenvalue weighted by Gasteiger charge is -2.27. The van der Waals surface area contributed by atoms with Crippen molar-refractivity contribution in [2.24, 2.45) is 0 Å². The third kappa shape index (κ3) is 5.38. The predicted octanol–water partition coefficient (Wildman–Crippen LogP) is 4.18. The van der Waals surface area contributed by atoms with Gasteiger partial charge in [0.25, 0.3) is 0 Å². The van der Waals surface area contributed by atoms with E-state index < -0.39 is 10.0 Å². The third-order valence-corrected chi connectivity index (χ3v) is 6.41. The Kier molecular flexibility index (Phi) is 6.78. The minimum Gasteiger partial charge on any atom is -0.348 e. The number of nitrogens with zero attached hydrogens (tertiary/aromatic N) is 1. The van der Waals surface area contributed by atoms with Gasteiger partial charge in [-0.25, -0.2) is 8.42 Å². The first-order chi connectivity index (χ1) is 13.3. The zero-order chi connectivity index (χ0) is 22.1. The van der Waals surface area contributed by atoms with Crippen LogP contribution in [0.3, 0.4) is 0 Å². The summed E-state index contributed by atoms with van der Waals surface area (Å²) in [5.41, 5.74) is 7.80. The second-order valence-electron chi connectivity index (χ2n) is 8.10. The zero-order valence-electron chi connectivity index (χ0n) is 18.7. The Balaban J connectivity index is 2.30. The molecule has 0 aliphatic carbocycles. The number of amides is 1. The van der Waals surface area contributed by atoms with Gasteiger partial charge in [-0.2, -0.15) is 0 Å². The summed E-state index contributed by atoms with van der Waals surface area (Å²) in [6.45, 7) is 13.5. The number of sulfonamides is 1. The molecule has 0 bridgehead atoms. The molecule has 5 nitrogen and oxygen atoms in total. The summed E-state index contributed by atoms with van der Waals surface area (Å²) in [7, 11) is -3.62. The lowest BCUT2D eigenvalue weighted by Crippen LogP contribution is -2.41. The highest BCUT2D eigenvalue weighted by atomic mass is 32.2. The van der Waals surface area contributed by atoms with Gasteiger partial charge in [-0.3, -0.25) is 9.10 Å². The Morgan fingerprint density at radius 3 is 1.93 bits per heavy atom. The van der Waals surface area contributed by atoms with E-state index in [0.717, 1.165) is 39.6 Å². The quantitative estimate of drug-likeness (QED) is 0.768. The van der Waals surface area contributed by atoms with Crippen LogP contribution in [0.1, 0.15) is 51.9 Å². The molecule has 0 aliphatic rings. The largest absolute Gasteiger partial charge is 0.348 e. The minimum absolute atomic E-state index is 0.219. The Bertz CT molecular complexity index is 1020. The molecule has 0 aliphatic heterocycles. The molecule has 2 rings (SSSR count). The van der Waals surface area contributed by atoms with E-state index in [1.165, 1.54) is 9.87 Å². The standard InChI is InChI=1S/C23H32N2O3S/c1-14-9-18(5)23(19(6)10-14)25(29(8,27)28)13-22(26)24-20(7)21-12-16(3)15(2)11-17(21)4/h9-12,20H,13H2,1-8H3,(H,24,26). The number of rotatable bonds is 6. The van der Waals surface area contributed by atoms with Crippen LogP contribution in [-0.4, -0.2) is 27.1 Å². The molecule has 0 heterocycles. The van der Waals surface area contributed by atoms with Crippen molar-refractivity contribution in [3.05, 3.63) is 63.2 Å². The molecule has 0 spiro atoms. The zero-order valence-corrected chi connectivity index (χ0v) is 19.5. The average molecular weight is 417 g/mol. The van der Waals surface area contributed by atoms with Crippen LogP contribution in [-0.2, 0) is 14.8 Å². The van der Waals surface area contributed by atoms with Gasteiger partial charge in [0.2, 0.25) is 15.9 Å². The highest BCUT2D eigenvalue weighted by molar-refractivity contribution is 7.92. The molecule has 0 fully saturated rings.